The molecule has 0 bridgehead atoms. The minimum Gasteiger partial charge on any atom is -0.383 e. The molecule has 0 radical (unpaired) electrons. The number of carbonyl (C=O) groups is 2. The number of nitrogens with zero attached hydrogens (tertiary/aromatic N) is 2. The second-order valence-corrected chi connectivity index (χ2v) is 4.92. The van der Waals surface area contributed by atoms with Crippen molar-refractivity contribution in [3.8, 4) is 0 Å². The van der Waals surface area contributed by atoms with Gasteiger partial charge in [0.1, 0.15) is 0 Å². The maximum atomic E-state index is 12.5. The van der Waals surface area contributed by atoms with Crippen molar-refractivity contribution < 1.29 is 14.3 Å². The summed E-state index contributed by atoms with van der Waals surface area (Å²) in [7, 11) is 1.63. The van der Waals surface area contributed by atoms with Crippen molar-refractivity contribution in [1.82, 2.24) is 10.0 Å². The van der Waals surface area contributed by atoms with Crippen LogP contribution in [0.15, 0.2) is 30.3 Å². The maximum Gasteiger partial charge on any atom is 0.275 e. The van der Waals surface area contributed by atoms with Crippen molar-refractivity contribution in [3.63, 3.8) is 0 Å². The van der Waals surface area contributed by atoms with Gasteiger partial charge in [0.05, 0.1) is 12.6 Å². The van der Waals surface area contributed by atoms with E-state index in [0.717, 1.165) is 12.8 Å². The number of rotatable bonds is 4. The van der Waals surface area contributed by atoms with Crippen LogP contribution in [-0.4, -0.2) is 48.1 Å². The largest absolute Gasteiger partial charge is 0.383 e. The SMILES string of the molecule is COC[C@@H]1CCCN1N(C(C)=O)C(=O)c1ccccc1. The van der Waals surface area contributed by atoms with Crippen LogP contribution < -0.4 is 0 Å². The molecule has 0 saturated carbocycles. The fourth-order valence-electron chi connectivity index (χ4n) is 2.59. The molecular formula is C15H20N2O3. The van der Waals surface area contributed by atoms with E-state index in [4.69, 9.17) is 4.74 Å². The number of hydrogen-bond donors (Lipinski definition) is 0. The molecule has 20 heavy (non-hydrogen) atoms. The Morgan fingerprint density at radius 1 is 1.35 bits per heavy atom. The molecular weight excluding hydrogens is 256 g/mol. The summed E-state index contributed by atoms with van der Waals surface area (Å²) in [6.07, 6.45) is 1.89. The van der Waals surface area contributed by atoms with Crippen LogP contribution in [0.3, 0.4) is 0 Å². The Labute approximate surface area is 119 Å². The predicted molar refractivity (Wildman–Crippen MR) is 74.9 cm³/mol. The lowest BCUT2D eigenvalue weighted by Gasteiger charge is -2.33. The third kappa shape index (κ3) is 3.05. The number of carbonyl (C=O) groups excluding carboxylic acids is 2. The lowest BCUT2D eigenvalue weighted by atomic mass is 10.2. The highest BCUT2D eigenvalue weighted by molar-refractivity contribution is 6.03. The zero-order chi connectivity index (χ0) is 14.5. The molecule has 1 saturated heterocycles. The van der Waals surface area contributed by atoms with Crippen molar-refractivity contribution in [2.75, 3.05) is 20.3 Å². The van der Waals surface area contributed by atoms with Crippen LogP contribution in [0.1, 0.15) is 30.1 Å². The van der Waals surface area contributed by atoms with E-state index in [1.165, 1.54) is 11.9 Å². The summed E-state index contributed by atoms with van der Waals surface area (Å²) in [6, 6.07) is 8.96. The first-order valence-corrected chi connectivity index (χ1v) is 6.80. The number of benzene rings is 1. The van der Waals surface area contributed by atoms with Crippen molar-refractivity contribution in [2.45, 2.75) is 25.8 Å². The van der Waals surface area contributed by atoms with Crippen LogP contribution in [-0.2, 0) is 9.53 Å². The van der Waals surface area contributed by atoms with E-state index < -0.39 is 0 Å². The fraction of sp³-hybridized carbons (Fsp3) is 0.467. The number of imide groups is 1. The Bertz CT molecular complexity index is 475. The van der Waals surface area contributed by atoms with Gasteiger partial charge in [-0.2, -0.15) is 0 Å². The Balaban J connectivity index is 2.23. The molecule has 5 heteroatoms. The van der Waals surface area contributed by atoms with Crippen molar-refractivity contribution in [2.24, 2.45) is 0 Å². The van der Waals surface area contributed by atoms with Gasteiger partial charge in [0.2, 0.25) is 5.91 Å². The Morgan fingerprint density at radius 3 is 2.65 bits per heavy atom. The molecule has 2 rings (SSSR count). The van der Waals surface area contributed by atoms with Crippen LogP contribution in [0.5, 0.6) is 0 Å². The molecule has 1 aliphatic heterocycles. The zero-order valence-corrected chi connectivity index (χ0v) is 11.9. The number of hydrogen-bond acceptors (Lipinski definition) is 4. The molecule has 0 N–H and O–H groups in total. The number of hydrazine groups is 1. The van der Waals surface area contributed by atoms with Gasteiger partial charge in [0.25, 0.3) is 5.91 Å². The molecule has 108 valence electrons. The molecule has 0 spiro atoms. The van der Waals surface area contributed by atoms with E-state index in [1.54, 1.807) is 31.4 Å². The number of amides is 2. The molecule has 1 aliphatic rings. The lowest BCUT2D eigenvalue weighted by Crippen LogP contribution is -2.52. The van der Waals surface area contributed by atoms with E-state index in [1.807, 2.05) is 11.1 Å². The molecule has 2 amide bonds. The molecule has 1 atom stereocenters. The third-order valence-corrected chi connectivity index (χ3v) is 3.47. The maximum absolute atomic E-state index is 12.5. The van der Waals surface area contributed by atoms with Gasteiger partial charge in [-0.05, 0) is 25.0 Å². The molecule has 0 aromatic heterocycles. The number of ether oxygens (including phenoxy) is 1. The van der Waals surface area contributed by atoms with Crippen LogP contribution in [0, 0.1) is 0 Å². The minimum atomic E-state index is -0.277. The van der Waals surface area contributed by atoms with Crippen molar-refractivity contribution in [3.05, 3.63) is 35.9 Å². The standard InChI is InChI=1S/C15H20N2O3/c1-12(18)17(15(19)13-7-4-3-5-8-13)16-10-6-9-14(16)11-20-2/h3-5,7-8,14H,6,9-11H2,1-2H3/t14-/m0/s1. The normalized spacial score (nSPS) is 19.0. The monoisotopic (exact) mass is 276 g/mol. The topological polar surface area (TPSA) is 49.9 Å². The second-order valence-electron chi connectivity index (χ2n) is 4.92. The molecule has 0 unspecified atom stereocenters. The van der Waals surface area contributed by atoms with Crippen LogP contribution >= 0.6 is 0 Å². The smallest absolute Gasteiger partial charge is 0.275 e. The van der Waals surface area contributed by atoms with Crippen molar-refractivity contribution >= 4 is 11.8 Å². The van der Waals surface area contributed by atoms with Crippen molar-refractivity contribution in [1.29, 1.82) is 0 Å². The Morgan fingerprint density at radius 2 is 2.05 bits per heavy atom. The van der Waals surface area contributed by atoms with Gasteiger partial charge in [0, 0.05) is 26.1 Å². The van der Waals surface area contributed by atoms with E-state index in [2.05, 4.69) is 0 Å². The molecule has 5 nitrogen and oxygen atoms in total. The summed E-state index contributed by atoms with van der Waals surface area (Å²) in [5.74, 6) is -0.539. The van der Waals surface area contributed by atoms with E-state index >= 15 is 0 Å². The quantitative estimate of drug-likeness (QED) is 0.840. The number of methoxy groups -OCH3 is 1. The average Bonchev–Trinajstić information content (AvgIpc) is 2.88. The third-order valence-electron chi connectivity index (χ3n) is 3.47. The van der Waals surface area contributed by atoms with Gasteiger partial charge in [-0.3, -0.25) is 9.59 Å². The zero-order valence-electron chi connectivity index (χ0n) is 11.9. The lowest BCUT2D eigenvalue weighted by molar-refractivity contribution is -0.142. The first kappa shape index (κ1) is 14.7. The van der Waals surface area contributed by atoms with Crippen LogP contribution in [0.25, 0.3) is 0 Å². The average molecular weight is 276 g/mol. The predicted octanol–water partition coefficient (Wildman–Crippen LogP) is 1.70. The van der Waals surface area contributed by atoms with Crippen LogP contribution in [0.2, 0.25) is 0 Å². The summed E-state index contributed by atoms with van der Waals surface area (Å²) in [5.41, 5.74) is 0.519. The molecule has 1 aromatic rings. The Kier molecular flexibility index (Phi) is 4.87. The molecule has 1 fully saturated rings. The fourth-order valence-corrected chi connectivity index (χ4v) is 2.59. The highest BCUT2D eigenvalue weighted by Gasteiger charge is 2.35. The first-order chi connectivity index (χ1) is 9.65. The van der Waals surface area contributed by atoms with Gasteiger partial charge in [-0.15, -0.1) is 0 Å². The van der Waals surface area contributed by atoms with E-state index in [9.17, 15) is 9.59 Å². The van der Waals surface area contributed by atoms with E-state index in [-0.39, 0.29) is 17.9 Å². The minimum absolute atomic E-state index is 0.0802. The van der Waals surface area contributed by atoms with Crippen LogP contribution in [0.4, 0.5) is 0 Å². The summed E-state index contributed by atoms with van der Waals surface area (Å²) in [5, 5.41) is 3.09. The van der Waals surface area contributed by atoms with Gasteiger partial charge in [-0.25, -0.2) is 10.0 Å². The first-order valence-electron chi connectivity index (χ1n) is 6.80. The van der Waals surface area contributed by atoms with E-state index in [0.29, 0.717) is 18.7 Å². The van der Waals surface area contributed by atoms with Gasteiger partial charge in [-0.1, -0.05) is 18.2 Å². The second kappa shape index (κ2) is 6.63. The summed E-state index contributed by atoms with van der Waals surface area (Å²) in [4.78, 5) is 24.5. The Hall–Kier alpha value is -1.72. The summed E-state index contributed by atoms with van der Waals surface area (Å²) in [6.45, 7) is 2.64. The van der Waals surface area contributed by atoms with Gasteiger partial charge < -0.3 is 4.74 Å². The van der Waals surface area contributed by atoms with Gasteiger partial charge in [0.15, 0.2) is 0 Å². The highest BCUT2D eigenvalue weighted by Crippen LogP contribution is 2.21. The van der Waals surface area contributed by atoms with Gasteiger partial charge >= 0.3 is 0 Å². The summed E-state index contributed by atoms with van der Waals surface area (Å²) < 4.78 is 5.18. The molecule has 0 aliphatic carbocycles. The summed E-state index contributed by atoms with van der Waals surface area (Å²) >= 11 is 0. The molecule has 1 aromatic carbocycles. The molecule has 1 heterocycles. The highest BCUT2D eigenvalue weighted by atomic mass is 16.5.